The van der Waals surface area contributed by atoms with Gasteiger partial charge in [-0.05, 0) is 48.0 Å². The van der Waals surface area contributed by atoms with Gasteiger partial charge < -0.3 is 23.3 Å². The van der Waals surface area contributed by atoms with E-state index in [2.05, 4.69) is 9.97 Å². The van der Waals surface area contributed by atoms with Gasteiger partial charge in [-0.1, -0.05) is 24.3 Å². The maximum Gasteiger partial charge on any atom is 0.337 e. The number of esters is 1. The van der Waals surface area contributed by atoms with E-state index in [1.165, 1.54) is 25.3 Å². The Hall–Kier alpha value is -5.93. The van der Waals surface area contributed by atoms with Gasteiger partial charge in [-0.3, -0.25) is 0 Å². The molecule has 3 heterocycles. The summed E-state index contributed by atoms with van der Waals surface area (Å²) in [5.74, 6) is -0.619. The van der Waals surface area contributed by atoms with E-state index in [1.54, 1.807) is 68.2 Å². The van der Waals surface area contributed by atoms with Gasteiger partial charge in [-0.15, -0.1) is 0 Å². The van der Waals surface area contributed by atoms with E-state index in [1.807, 2.05) is 15.2 Å². The molecule has 3 aromatic carbocycles. The fourth-order valence-electron chi connectivity index (χ4n) is 5.32. The van der Waals surface area contributed by atoms with Gasteiger partial charge in [0.25, 0.3) is 0 Å². The summed E-state index contributed by atoms with van der Waals surface area (Å²) >= 11 is 0. The number of benzene rings is 3. The first kappa shape index (κ1) is 32.0. The number of ether oxygens (including phenoxy) is 3. The Labute approximate surface area is 274 Å². The maximum atomic E-state index is 15.7. The van der Waals surface area contributed by atoms with Crippen molar-refractivity contribution < 1.29 is 27.8 Å². The van der Waals surface area contributed by atoms with Gasteiger partial charge in [-0.25, -0.2) is 28.5 Å². The number of carbonyl (C=O) groups excluding carboxylic acids is 1. The molecular weight excluding hydrogens is 618 g/mol. The molecule has 6 aromatic rings. The summed E-state index contributed by atoms with van der Waals surface area (Å²) < 4.78 is 49.8. The first-order valence-electron chi connectivity index (χ1n) is 15.0. The number of imidazole rings is 2. The lowest BCUT2D eigenvalue weighted by Crippen LogP contribution is -2.13. The van der Waals surface area contributed by atoms with Gasteiger partial charge in [0, 0.05) is 43.5 Å². The lowest BCUT2D eigenvalue weighted by molar-refractivity contribution is 0.0601. The molecule has 0 N–H and O–H groups in total. The molecule has 12 heteroatoms. The lowest BCUT2D eigenvalue weighted by Gasteiger charge is -2.13. The molecule has 6 rings (SSSR count). The highest BCUT2D eigenvalue weighted by Crippen LogP contribution is 2.27. The predicted octanol–water partition coefficient (Wildman–Crippen LogP) is 6.10. The Morgan fingerprint density at radius 3 is 2.56 bits per heavy atom. The van der Waals surface area contributed by atoms with Crippen LogP contribution in [0.1, 0.15) is 38.6 Å². The molecular formula is C36H30F2N6O4. The van der Waals surface area contributed by atoms with Crippen LogP contribution in [0.4, 0.5) is 8.78 Å². The summed E-state index contributed by atoms with van der Waals surface area (Å²) in [6.45, 7) is 1.40. The van der Waals surface area contributed by atoms with Crippen molar-refractivity contribution in [3.05, 3.63) is 131 Å². The van der Waals surface area contributed by atoms with Gasteiger partial charge in [0.1, 0.15) is 24.1 Å². The van der Waals surface area contributed by atoms with Gasteiger partial charge >= 0.3 is 5.97 Å². The Morgan fingerprint density at radius 1 is 0.958 bits per heavy atom. The molecule has 0 saturated carbocycles. The molecule has 0 saturated heterocycles. The monoisotopic (exact) mass is 648 g/mol. The van der Waals surface area contributed by atoms with E-state index < -0.39 is 17.6 Å². The van der Waals surface area contributed by atoms with E-state index >= 15 is 4.39 Å². The van der Waals surface area contributed by atoms with Gasteiger partial charge in [-0.2, -0.15) is 5.26 Å². The number of pyridine rings is 1. The van der Waals surface area contributed by atoms with Gasteiger partial charge in [0.15, 0.2) is 0 Å². The summed E-state index contributed by atoms with van der Waals surface area (Å²) in [6, 6.07) is 21.1. The molecule has 0 spiro atoms. The van der Waals surface area contributed by atoms with Crippen LogP contribution >= 0.6 is 0 Å². The van der Waals surface area contributed by atoms with Crippen LogP contribution in [0.3, 0.4) is 0 Å². The second-order valence-electron chi connectivity index (χ2n) is 10.9. The molecule has 3 aromatic heterocycles. The van der Waals surface area contributed by atoms with Crippen molar-refractivity contribution in [2.45, 2.75) is 26.1 Å². The maximum absolute atomic E-state index is 15.7. The van der Waals surface area contributed by atoms with Crippen LogP contribution in [0.15, 0.2) is 85.3 Å². The summed E-state index contributed by atoms with van der Waals surface area (Å²) in [5, 5.41) is 8.96. The molecule has 48 heavy (non-hydrogen) atoms. The smallest absolute Gasteiger partial charge is 0.337 e. The van der Waals surface area contributed by atoms with Crippen LogP contribution in [0.25, 0.3) is 22.3 Å². The number of hydrogen-bond acceptors (Lipinski definition) is 8. The first-order chi connectivity index (χ1) is 23.4. The number of methoxy groups -OCH3 is 2. The standard InChI is InChI=1S/C36H30F2N6O4/c1-46-13-12-43-22-40-19-28(43)20-44-33-16-26(36(45)47-2)10-11-32(33)41-34(44)17-24-8-9-25(15-30(24)38)31-4-3-5-35(42-31)48-21-27-7-6-23(18-39)14-29(27)37/h3-11,14-16,19,22H,12-13,17,20-21H2,1-2H3. The number of hydrogen-bond donors (Lipinski definition) is 0. The molecule has 0 radical (unpaired) electrons. The Balaban J connectivity index is 1.26. The molecule has 10 nitrogen and oxygen atoms in total. The number of aromatic nitrogens is 5. The predicted molar refractivity (Wildman–Crippen MR) is 172 cm³/mol. The molecule has 0 amide bonds. The zero-order valence-corrected chi connectivity index (χ0v) is 26.2. The molecule has 0 atom stereocenters. The minimum absolute atomic E-state index is 0.0867. The molecule has 0 bridgehead atoms. The fourth-order valence-corrected chi connectivity index (χ4v) is 5.32. The summed E-state index contributed by atoms with van der Waals surface area (Å²) in [5.41, 5.74) is 4.55. The van der Waals surface area contributed by atoms with E-state index in [-0.39, 0.29) is 30.0 Å². The topological polar surface area (TPSA) is 117 Å². The highest BCUT2D eigenvalue weighted by molar-refractivity contribution is 5.93. The number of fused-ring (bicyclic) bond motifs is 1. The number of nitriles is 1. The number of carbonyl (C=O) groups is 1. The first-order valence-corrected chi connectivity index (χ1v) is 15.0. The van der Waals surface area contributed by atoms with Crippen LogP contribution < -0.4 is 4.74 Å². The van der Waals surface area contributed by atoms with E-state index in [4.69, 9.17) is 24.5 Å². The molecule has 0 fully saturated rings. The SMILES string of the molecule is COCCn1cncc1Cn1c(Cc2ccc(-c3cccc(OCc4ccc(C#N)cc4F)n3)cc2F)nc2ccc(C(=O)OC)cc21. The highest BCUT2D eigenvalue weighted by atomic mass is 19.1. The second-order valence-corrected chi connectivity index (χ2v) is 10.9. The lowest BCUT2D eigenvalue weighted by atomic mass is 10.1. The summed E-state index contributed by atoms with van der Waals surface area (Å²) in [4.78, 5) is 25.9. The van der Waals surface area contributed by atoms with E-state index in [9.17, 15) is 9.18 Å². The average Bonchev–Trinajstić information content (AvgIpc) is 3.70. The van der Waals surface area contributed by atoms with Crippen molar-refractivity contribution in [1.29, 1.82) is 5.26 Å². The zero-order chi connectivity index (χ0) is 33.6. The molecule has 0 aliphatic rings. The quantitative estimate of drug-likeness (QED) is 0.146. The number of nitrogens with zero attached hydrogens (tertiary/aromatic N) is 6. The van der Waals surface area contributed by atoms with Gasteiger partial charge in [0.2, 0.25) is 5.88 Å². The molecule has 242 valence electrons. The minimum Gasteiger partial charge on any atom is -0.473 e. The third kappa shape index (κ3) is 6.91. The molecule has 0 aliphatic carbocycles. The van der Waals surface area contributed by atoms with Crippen LogP contribution in [0, 0.1) is 23.0 Å². The van der Waals surface area contributed by atoms with Crippen molar-refractivity contribution >= 4 is 17.0 Å². The van der Waals surface area contributed by atoms with Crippen molar-refractivity contribution in [1.82, 2.24) is 24.1 Å². The third-order valence-electron chi connectivity index (χ3n) is 7.88. The van der Waals surface area contributed by atoms with Crippen LogP contribution in [0.5, 0.6) is 5.88 Å². The van der Waals surface area contributed by atoms with Crippen molar-refractivity contribution in [3.8, 4) is 23.2 Å². The Bertz CT molecular complexity index is 2150. The third-order valence-corrected chi connectivity index (χ3v) is 7.88. The number of rotatable bonds is 12. The van der Waals surface area contributed by atoms with E-state index in [0.29, 0.717) is 58.9 Å². The summed E-state index contributed by atoms with van der Waals surface area (Å²) in [7, 11) is 2.96. The Morgan fingerprint density at radius 2 is 1.79 bits per heavy atom. The molecule has 0 aliphatic heterocycles. The minimum atomic E-state index is -0.544. The van der Waals surface area contributed by atoms with Crippen molar-refractivity contribution in [2.75, 3.05) is 20.8 Å². The van der Waals surface area contributed by atoms with Crippen LogP contribution in [0.2, 0.25) is 0 Å². The highest BCUT2D eigenvalue weighted by Gasteiger charge is 2.18. The average molecular weight is 649 g/mol. The normalized spacial score (nSPS) is 11.1. The molecule has 0 unspecified atom stereocenters. The van der Waals surface area contributed by atoms with Crippen molar-refractivity contribution in [3.63, 3.8) is 0 Å². The van der Waals surface area contributed by atoms with Crippen LogP contribution in [-0.4, -0.2) is 50.9 Å². The zero-order valence-electron chi connectivity index (χ0n) is 26.2. The largest absolute Gasteiger partial charge is 0.473 e. The number of halogens is 2. The van der Waals surface area contributed by atoms with E-state index in [0.717, 1.165) is 11.8 Å². The van der Waals surface area contributed by atoms with Crippen LogP contribution in [-0.2, 0) is 35.6 Å². The Kier molecular flexibility index (Phi) is 9.50. The second kappa shape index (κ2) is 14.2. The van der Waals surface area contributed by atoms with Crippen molar-refractivity contribution in [2.24, 2.45) is 0 Å². The van der Waals surface area contributed by atoms with Gasteiger partial charge in [0.05, 0.1) is 66.2 Å². The fraction of sp³-hybridized carbons (Fsp3) is 0.194. The summed E-state index contributed by atoms with van der Waals surface area (Å²) in [6.07, 6.45) is 3.66.